The Morgan fingerprint density at radius 3 is 2.62 bits per heavy atom. The summed E-state index contributed by atoms with van der Waals surface area (Å²) in [7, 11) is 0. The van der Waals surface area contributed by atoms with Gasteiger partial charge in [-0.1, -0.05) is 42.5 Å². The van der Waals surface area contributed by atoms with E-state index in [0.29, 0.717) is 26.0 Å². The van der Waals surface area contributed by atoms with E-state index in [9.17, 15) is 9.59 Å². The van der Waals surface area contributed by atoms with Crippen molar-refractivity contribution in [3.8, 4) is 0 Å². The number of rotatable bonds is 7. The maximum Gasteiger partial charge on any atom is 0.310 e. The van der Waals surface area contributed by atoms with Gasteiger partial charge in [-0.2, -0.15) is 0 Å². The summed E-state index contributed by atoms with van der Waals surface area (Å²) in [6.07, 6.45) is 7.82. The molecule has 140 valence electrons. The fraction of sp³-hybridized carbons (Fsp3) is 0.524. The topological polar surface area (TPSA) is 64.6 Å². The summed E-state index contributed by atoms with van der Waals surface area (Å²) in [5, 5.41) is 2.98. The number of benzene rings is 1. The fourth-order valence-electron chi connectivity index (χ4n) is 3.53. The molecule has 3 unspecified atom stereocenters. The Bertz CT molecular complexity index is 622. The molecule has 5 heteroatoms. The number of hydrogen-bond donors (Lipinski definition) is 1. The van der Waals surface area contributed by atoms with Crippen molar-refractivity contribution in [2.45, 2.75) is 38.2 Å². The van der Waals surface area contributed by atoms with Gasteiger partial charge in [0, 0.05) is 13.2 Å². The highest BCUT2D eigenvalue weighted by Gasteiger charge is 2.35. The van der Waals surface area contributed by atoms with E-state index in [2.05, 4.69) is 5.32 Å². The quantitative estimate of drug-likeness (QED) is 0.602. The second-order valence-electron chi connectivity index (χ2n) is 6.95. The van der Waals surface area contributed by atoms with Crippen LogP contribution < -0.4 is 5.32 Å². The number of nitrogens with one attached hydrogen (secondary N) is 1. The Labute approximate surface area is 154 Å². The number of hydrogen-bond acceptors (Lipinski definition) is 4. The molecule has 1 aliphatic carbocycles. The van der Waals surface area contributed by atoms with Crippen LogP contribution >= 0.6 is 0 Å². The van der Waals surface area contributed by atoms with Gasteiger partial charge in [0.2, 0.25) is 5.91 Å². The lowest BCUT2D eigenvalue weighted by Crippen LogP contribution is -2.40. The van der Waals surface area contributed by atoms with E-state index in [1.54, 1.807) is 0 Å². The third kappa shape index (κ3) is 5.18. The monoisotopic (exact) mass is 357 g/mol. The summed E-state index contributed by atoms with van der Waals surface area (Å²) in [4.78, 5) is 25.1. The highest BCUT2D eigenvalue weighted by Crippen LogP contribution is 2.27. The average Bonchev–Trinajstić information content (AvgIpc) is 3.20. The number of ether oxygens (including phenoxy) is 2. The number of allylic oxidation sites excluding steroid dienone is 2. The number of carbonyl (C=O) groups excluding carboxylic acids is 2. The van der Waals surface area contributed by atoms with Crippen LogP contribution in [0.15, 0.2) is 42.5 Å². The first-order chi connectivity index (χ1) is 12.7. The SMILES string of the molecule is O=C(NCCc1ccccc1)C1CC=CCC1C(=O)OCC1CCCO1. The molecule has 0 saturated carbocycles. The molecule has 1 aliphatic heterocycles. The lowest BCUT2D eigenvalue weighted by Gasteiger charge is -2.26. The molecule has 2 aliphatic rings. The van der Waals surface area contributed by atoms with E-state index in [1.165, 1.54) is 5.56 Å². The Morgan fingerprint density at radius 2 is 1.88 bits per heavy atom. The molecule has 0 aromatic heterocycles. The molecular weight excluding hydrogens is 330 g/mol. The molecule has 1 saturated heterocycles. The first-order valence-corrected chi connectivity index (χ1v) is 9.49. The number of esters is 1. The van der Waals surface area contributed by atoms with Crippen LogP contribution in [0.4, 0.5) is 0 Å². The lowest BCUT2D eigenvalue weighted by atomic mass is 9.82. The predicted octanol–water partition coefficient (Wildman–Crippen LogP) is 2.65. The van der Waals surface area contributed by atoms with Crippen LogP contribution in [0.25, 0.3) is 0 Å². The van der Waals surface area contributed by atoms with Gasteiger partial charge in [-0.3, -0.25) is 9.59 Å². The van der Waals surface area contributed by atoms with Gasteiger partial charge in [0.1, 0.15) is 6.61 Å². The Balaban J connectivity index is 1.48. The van der Waals surface area contributed by atoms with Crippen molar-refractivity contribution < 1.29 is 19.1 Å². The first-order valence-electron chi connectivity index (χ1n) is 9.49. The van der Waals surface area contributed by atoms with E-state index in [1.807, 2.05) is 42.5 Å². The van der Waals surface area contributed by atoms with Crippen LogP contribution in [-0.2, 0) is 25.5 Å². The van der Waals surface area contributed by atoms with Gasteiger partial charge in [0.15, 0.2) is 0 Å². The maximum absolute atomic E-state index is 12.6. The highest BCUT2D eigenvalue weighted by atomic mass is 16.6. The van der Waals surface area contributed by atoms with E-state index in [0.717, 1.165) is 25.9 Å². The summed E-state index contributed by atoms with van der Waals surface area (Å²) in [6.45, 7) is 1.60. The zero-order chi connectivity index (χ0) is 18.2. The van der Waals surface area contributed by atoms with Crippen molar-refractivity contribution in [1.82, 2.24) is 5.32 Å². The zero-order valence-electron chi connectivity index (χ0n) is 15.1. The minimum Gasteiger partial charge on any atom is -0.463 e. The molecule has 3 rings (SSSR count). The molecule has 1 amide bonds. The van der Waals surface area contributed by atoms with Gasteiger partial charge in [-0.25, -0.2) is 0 Å². The molecule has 0 radical (unpaired) electrons. The van der Waals surface area contributed by atoms with E-state index in [4.69, 9.17) is 9.47 Å². The number of amides is 1. The molecule has 1 N–H and O–H groups in total. The molecule has 5 nitrogen and oxygen atoms in total. The third-order valence-electron chi connectivity index (χ3n) is 5.06. The van der Waals surface area contributed by atoms with Crippen LogP contribution in [0.2, 0.25) is 0 Å². The summed E-state index contributed by atoms with van der Waals surface area (Å²) >= 11 is 0. The van der Waals surface area contributed by atoms with Crippen molar-refractivity contribution in [2.24, 2.45) is 11.8 Å². The fourth-order valence-corrected chi connectivity index (χ4v) is 3.53. The standard InChI is InChI=1S/C21H27NO4/c23-20(22-13-12-16-7-2-1-3-8-16)18-10-4-5-11-19(18)21(24)26-15-17-9-6-14-25-17/h1-5,7-8,17-19H,6,9-15H2,(H,22,23). The third-order valence-corrected chi connectivity index (χ3v) is 5.06. The number of carbonyl (C=O) groups is 2. The van der Waals surface area contributed by atoms with Gasteiger partial charge in [0.25, 0.3) is 0 Å². The van der Waals surface area contributed by atoms with Gasteiger partial charge < -0.3 is 14.8 Å². The summed E-state index contributed by atoms with van der Waals surface area (Å²) in [6, 6.07) is 10.0. The first kappa shape index (κ1) is 18.6. The summed E-state index contributed by atoms with van der Waals surface area (Å²) < 4.78 is 10.9. The lowest BCUT2D eigenvalue weighted by molar-refractivity contribution is -0.156. The van der Waals surface area contributed by atoms with Crippen molar-refractivity contribution >= 4 is 11.9 Å². The Hall–Kier alpha value is -2.14. The minimum atomic E-state index is -0.405. The second-order valence-corrected chi connectivity index (χ2v) is 6.95. The molecule has 1 aromatic carbocycles. The summed E-state index contributed by atoms with van der Waals surface area (Å²) in [5.41, 5.74) is 1.18. The molecule has 0 spiro atoms. The molecule has 3 atom stereocenters. The molecular formula is C21H27NO4. The van der Waals surface area contributed by atoms with Crippen LogP contribution in [0.1, 0.15) is 31.2 Å². The molecule has 1 aromatic rings. The van der Waals surface area contributed by atoms with Gasteiger partial charge in [-0.15, -0.1) is 0 Å². The van der Waals surface area contributed by atoms with Crippen LogP contribution in [-0.4, -0.2) is 37.7 Å². The Morgan fingerprint density at radius 1 is 1.12 bits per heavy atom. The minimum absolute atomic E-state index is 0.0104. The maximum atomic E-state index is 12.6. The predicted molar refractivity (Wildman–Crippen MR) is 98.4 cm³/mol. The van der Waals surface area contributed by atoms with E-state index >= 15 is 0 Å². The van der Waals surface area contributed by atoms with Crippen LogP contribution in [0.3, 0.4) is 0 Å². The average molecular weight is 357 g/mol. The van der Waals surface area contributed by atoms with Crippen LogP contribution in [0, 0.1) is 11.8 Å². The second kappa shape index (κ2) is 9.53. The van der Waals surface area contributed by atoms with Crippen molar-refractivity contribution in [3.63, 3.8) is 0 Å². The zero-order valence-corrected chi connectivity index (χ0v) is 15.1. The molecule has 26 heavy (non-hydrogen) atoms. The smallest absolute Gasteiger partial charge is 0.310 e. The van der Waals surface area contributed by atoms with E-state index < -0.39 is 5.92 Å². The van der Waals surface area contributed by atoms with Gasteiger partial charge in [0.05, 0.1) is 17.9 Å². The highest BCUT2D eigenvalue weighted by molar-refractivity contribution is 5.86. The van der Waals surface area contributed by atoms with Gasteiger partial charge in [-0.05, 0) is 37.7 Å². The normalized spacial score (nSPS) is 25.0. The molecule has 1 heterocycles. The Kier molecular flexibility index (Phi) is 6.83. The largest absolute Gasteiger partial charge is 0.463 e. The van der Waals surface area contributed by atoms with Crippen molar-refractivity contribution in [2.75, 3.05) is 19.8 Å². The van der Waals surface area contributed by atoms with E-state index in [-0.39, 0.29) is 23.9 Å². The van der Waals surface area contributed by atoms with Crippen molar-refractivity contribution in [3.05, 3.63) is 48.0 Å². The molecule has 1 fully saturated rings. The molecule has 0 bridgehead atoms. The summed E-state index contributed by atoms with van der Waals surface area (Å²) in [5.74, 6) is -1.11. The van der Waals surface area contributed by atoms with Crippen LogP contribution in [0.5, 0.6) is 0 Å². The van der Waals surface area contributed by atoms with Crippen molar-refractivity contribution in [1.29, 1.82) is 0 Å². The van der Waals surface area contributed by atoms with Gasteiger partial charge >= 0.3 is 5.97 Å².